The number of nitrogens with one attached hydrogen (secondary N) is 1. The fourth-order valence-electron chi connectivity index (χ4n) is 2.53. The van der Waals surface area contributed by atoms with Crippen molar-refractivity contribution in [2.75, 3.05) is 5.75 Å². The molecule has 1 atom stereocenters. The van der Waals surface area contributed by atoms with E-state index in [9.17, 15) is 9.59 Å². The Morgan fingerprint density at radius 2 is 1.86 bits per heavy atom. The first kappa shape index (κ1) is 20.0. The number of ketones is 1. The van der Waals surface area contributed by atoms with E-state index >= 15 is 0 Å². The van der Waals surface area contributed by atoms with E-state index in [0.717, 1.165) is 11.3 Å². The van der Waals surface area contributed by atoms with Crippen molar-refractivity contribution in [3.63, 3.8) is 0 Å². The van der Waals surface area contributed by atoms with Crippen molar-refractivity contribution >= 4 is 35.1 Å². The van der Waals surface area contributed by atoms with Crippen LogP contribution in [0.2, 0.25) is 5.02 Å². The lowest BCUT2D eigenvalue weighted by atomic mass is 10.0. The molecule has 0 fully saturated rings. The van der Waals surface area contributed by atoms with Gasteiger partial charge in [-0.05, 0) is 53.6 Å². The highest BCUT2D eigenvalue weighted by Crippen LogP contribution is 2.19. The van der Waals surface area contributed by atoms with Crippen LogP contribution in [0.5, 0.6) is 0 Å². The molecule has 1 amide bonds. The van der Waals surface area contributed by atoms with Gasteiger partial charge in [0.25, 0.3) is 0 Å². The van der Waals surface area contributed by atoms with Crippen molar-refractivity contribution in [3.8, 4) is 5.69 Å². The summed E-state index contributed by atoms with van der Waals surface area (Å²) < 4.78 is 1.53. The minimum Gasteiger partial charge on any atom is -0.345 e. The normalized spacial score (nSPS) is 11.8. The van der Waals surface area contributed by atoms with Crippen molar-refractivity contribution in [1.82, 2.24) is 25.5 Å². The zero-order valence-corrected chi connectivity index (χ0v) is 16.7. The van der Waals surface area contributed by atoms with Crippen molar-refractivity contribution in [2.24, 2.45) is 0 Å². The van der Waals surface area contributed by atoms with E-state index in [0.29, 0.717) is 16.6 Å². The second-order valence-corrected chi connectivity index (χ2v) is 7.44. The van der Waals surface area contributed by atoms with Gasteiger partial charge in [-0.3, -0.25) is 9.59 Å². The van der Waals surface area contributed by atoms with Gasteiger partial charge < -0.3 is 5.32 Å². The van der Waals surface area contributed by atoms with Crippen molar-refractivity contribution in [1.29, 1.82) is 0 Å². The molecule has 0 aliphatic heterocycles. The zero-order valence-electron chi connectivity index (χ0n) is 15.1. The molecule has 9 heteroatoms. The molecule has 0 radical (unpaired) electrons. The standard InChI is InChI=1S/C19H18ClN5O2S/c1-13(26)17(11-14-5-3-2-4-6-14)21-18(27)12-28-19-22-23-24-25(19)16-9-7-15(20)8-10-16/h2-10,17H,11-12H2,1H3,(H,21,27). The number of hydrogen-bond donors (Lipinski definition) is 1. The van der Waals surface area contributed by atoms with Crippen LogP contribution in [-0.2, 0) is 16.0 Å². The summed E-state index contributed by atoms with van der Waals surface area (Å²) in [5, 5.41) is 15.4. The Morgan fingerprint density at radius 1 is 1.14 bits per heavy atom. The van der Waals surface area contributed by atoms with Gasteiger partial charge in [0, 0.05) is 5.02 Å². The Bertz CT molecular complexity index is 946. The van der Waals surface area contributed by atoms with Gasteiger partial charge in [-0.15, -0.1) is 5.10 Å². The molecule has 2 aromatic carbocycles. The predicted molar refractivity (Wildman–Crippen MR) is 108 cm³/mol. The van der Waals surface area contributed by atoms with E-state index in [4.69, 9.17) is 11.6 Å². The van der Waals surface area contributed by atoms with Crippen LogP contribution < -0.4 is 5.32 Å². The molecule has 0 spiro atoms. The van der Waals surface area contributed by atoms with Crippen molar-refractivity contribution in [3.05, 3.63) is 65.2 Å². The minimum absolute atomic E-state index is 0.0896. The molecule has 0 aliphatic rings. The average Bonchev–Trinajstić information content (AvgIpc) is 3.16. The molecule has 0 saturated heterocycles. The first-order chi connectivity index (χ1) is 13.5. The zero-order chi connectivity index (χ0) is 19.9. The lowest BCUT2D eigenvalue weighted by Gasteiger charge is -2.16. The largest absolute Gasteiger partial charge is 0.345 e. The molecule has 3 aromatic rings. The van der Waals surface area contributed by atoms with Gasteiger partial charge in [0.1, 0.15) is 0 Å². The van der Waals surface area contributed by atoms with Crippen LogP contribution in [0.1, 0.15) is 12.5 Å². The quantitative estimate of drug-likeness (QED) is 0.569. The Morgan fingerprint density at radius 3 is 2.54 bits per heavy atom. The van der Waals surface area contributed by atoms with Crippen LogP contribution in [0.4, 0.5) is 0 Å². The summed E-state index contributed by atoms with van der Waals surface area (Å²) in [6.45, 7) is 1.47. The molecule has 3 rings (SSSR count). The summed E-state index contributed by atoms with van der Waals surface area (Å²) in [6.07, 6.45) is 0.453. The molecule has 1 N–H and O–H groups in total. The van der Waals surface area contributed by atoms with Gasteiger partial charge in [0.2, 0.25) is 11.1 Å². The fraction of sp³-hybridized carbons (Fsp3) is 0.211. The smallest absolute Gasteiger partial charge is 0.231 e. The summed E-state index contributed by atoms with van der Waals surface area (Å²) in [5.74, 6) is -0.257. The van der Waals surface area contributed by atoms with Gasteiger partial charge in [0.15, 0.2) is 5.78 Å². The highest BCUT2D eigenvalue weighted by Gasteiger charge is 2.19. The predicted octanol–water partition coefficient (Wildman–Crippen LogP) is 2.72. The number of aromatic nitrogens is 4. The number of amides is 1. The number of rotatable bonds is 8. The van der Waals surface area contributed by atoms with Crippen molar-refractivity contribution in [2.45, 2.75) is 24.5 Å². The van der Waals surface area contributed by atoms with E-state index < -0.39 is 6.04 Å². The molecular weight excluding hydrogens is 398 g/mol. The lowest BCUT2D eigenvalue weighted by Crippen LogP contribution is -2.42. The number of Topliss-reactive ketones (excluding diaryl/α,β-unsaturated/α-hetero) is 1. The van der Waals surface area contributed by atoms with Gasteiger partial charge in [-0.25, -0.2) is 0 Å². The number of tetrazole rings is 1. The van der Waals surface area contributed by atoms with Crippen molar-refractivity contribution < 1.29 is 9.59 Å². The summed E-state index contributed by atoms with van der Waals surface area (Å²) >= 11 is 7.09. The number of benzene rings is 2. The fourth-order valence-corrected chi connectivity index (χ4v) is 3.35. The number of carbonyl (C=O) groups excluding carboxylic acids is 2. The topological polar surface area (TPSA) is 89.8 Å². The van der Waals surface area contributed by atoms with E-state index in [-0.39, 0.29) is 17.4 Å². The number of nitrogens with zero attached hydrogens (tertiary/aromatic N) is 4. The molecule has 1 aromatic heterocycles. The first-order valence-electron chi connectivity index (χ1n) is 8.54. The monoisotopic (exact) mass is 415 g/mol. The second kappa shape index (κ2) is 9.48. The van der Waals surface area contributed by atoms with Gasteiger partial charge >= 0.3 is 0 Å². The molecule has 28 heavy (non-hydrogen) atoms. The molecule has 0 saturated carbocycles. The SMILES string of the molecule is CC(=O)C(Cc1ccccc1)NC(=O)CSc1nnnn1-c1ccc(Cl)cc1. The van der Waals surface area contributed by atoms with Crippen LogP contribution in [-0.4, -0.2) is 43.7 Å². The maximum atomic E-state index is 12.4. The van der Waals surface area contributed by atoms with Crippen LogP contribution in [0, 0.1) is 0 Å². The van der Waals surface area contributed by atoms with Crippen LogP contribution in [0.25, 0.3) is 5.69 Å². The van der Waals surface area contributed by atoms with E-state index in [1.54, 1.807) is 24.3 Å². The summed E-state index contributed by atoms with van der Waals surface area (Å²) in [4.78, 5) is 24.3. The van der Waals surface area contributed by atoms with Gasteiger partial charge in [-0.2, -0.15) is 4.68 Å². The number of halogens is 1. The third kappa shape index (κ3) is 5.40. The maximum absolute atomic E-state index is 12.4. The highest BCUT2D eigenvalue weighted by molar-refractivity contribution is 7.99. The van der Waals surface area contributed by atoms with Gasteiger partial charge in [0.05, 0.1) is 17.5 Å². The molecular formula is C19H18ClN5O2S. The molecule has 144 valence electrons. The average molecular weight is 416 g/mol. The Hall–Kier alpha value is -2.71. The Labute approximate surface area is 171 Å². The second-order valence-electron chi connectivity index (χ2n) is 6.06. The molecule has 7 nitrogen and oxygen atoms in total. The molecule has 1 heterocycles. The maximum Gasteiger partial charge on any atom is 0.231 e. The third-order valence-electron chi connectivity index (χ3n) is 3.95. The lowest BCUT2D eigenvalue weighted by molar-refractivity contribution is -0.125. The number of carbonyl (C=O) groups is 2. The van der Waals surface area contributed by atoms with E-state index in [1.165, 1.54) is 23.4 Å². The third-order valence-corrected chi connectivity index (χ3v) is 5.12. The number of thioether (sulfide) groups is 1. The molecule has 0 bridgehead atoms. The Balaban J connectivity index is 1.60. The first-order valence-corrected chi connectivity index (χ1v) is 9.90. The minimum atomic E-state index is -0.567. The molecule has 0 aliphatic carbocycles. The van der Waals surface area contributed by atoms with Crippen LogP contribution >= 0.6 is 23.4 Å². The van der Waals surface area contributed by atoms with Crippen LogP contribution in [0.15, 0.2) is 59.8 Å². The van der Waals surface area contributed by atoms with E-state index in [1.807, 2.05) is 30.3 Å². The number of hydrogen-bond acceptors (Lipinski definition) is 6. The van der Waals surface area contributed by atoms with E-state index in [2.05, 4.69) is 20.8 Å². The summed E-state index contributed by atoms with van der Waals surface area (Å²) in [6, 6.07) is 16.1. The Kier molecular flexibility index (Phi) is 6.78. The van der Waals surface area contributed by atoms with Crippen LogP contribution in [0.3, 0.4) is 0 Å². The highest BCUT2D eigenvalue weighted by atomic mass is 35.5. The van der Waals surface area contributed by atoms with Gasteiger partial charge in [-0.1, -0.05) is 53.7 Å². The molecule has 1 unspecified atom stereocenters. The summed E-state index contributed by atoms with van der Waals surface area (Å²) in [5.41, 5.74) is 1.73. The summed E-state index contributed by atoms with van der Waals surface area (Å²) in [7, 11) is 0.